The number of hydrogen-bond acceptors (Lipinski definition) is 4. The van der Waals surface area contributed by atoms with E-state index >= 15 is 0 Å². The lowest BCUT2D eigenvalue weighted by atomic mass is 9.85. The quantitative estimate of drug-likeness (QED) is 0.159. The zero-order chi connectivity index (χ0) is 25.9. The Kier molecular flexibility index (Phi) is 6.82. The van der Waals surface area contributed by atoms with Gasteiger partial charge in [0.2, 0.25) is 0 Å². The van der Waals surface area contributed by atoms with Crippen LogP contribution in [0.4, 0.5) is 0 Å². The number of rotatable bonds is 9. The summed E-state index contributed by atoms with van der Waals surface area (Å²) in [6, 6.07) is 33.7. The summed E-state index contributed by atoms with van der Waals surface area (Å²) in [5.74, 6) is 1.71. The molecule has 0 heterocycles. The van der Waals surface area contributed by atoms with Crippen molar-refractivity contribution in [2.24, 2.45) is 0 Å². The molecule has 4 heteroatoms. The molecule has 190 valence electrons. The molecule has 6 aromatic carbocycles. The summed E-state index contributed by atoms with van der Waals surface area (Å²) in [6.07, 6.45) is 1.16. The van der Waals surface area contributed by atoms with Gasteiger partial charge >= 0.3 is 0 Å². The Morgan fingerprint density at radius 2 is 0.658 bits per heavy atom. The van der Waals surface area contributed by atoms with Gasteiger partial charge in [0.25, 0.3) is 0 Å². The lowest BCUT2D eigenvalue weighted by Crippen LogP contribution is -2.02. The average molecular weight is 503 g/mol. The van der Waals surface area contributed by atoms with E-state index < -0.39 is 0 Å². The Hall–Kier alpha value is -4.12. The fourth-order valence-electron chi connectivity index (χ4n) is 5.50. The molecule has 38 heavy (non-hydrogen) atoms. The summed E-state index contributed by atoms with van der Waals surface area (Å²) in [4.78, 5) is 0. The fraction of sp³-hybridized carbons (Fsp3) is 0.176. The van der Waals surface area contributed by atoms with Gasteiger partial charge in [-0.05, 0) is 32.7 Å². The number of aliphatic hydroxyl groups excluding tert-OH is 2. The second-order valence-corrected chi connectivity index (χ2v) is 9.44. The molecule has 6 aromatic rings. The van der Waals surface area contributed by atoms with Crippen molar-refractivity contribution in [1.29, 1.82) is 0 Å². The molecular formula is C34H30O4. The zero-order valence-corrected chi connectivity index (χ0v) is 21.2. The molecular weight excluding hydrogens is 472 g/mol. The van der Waals surface area contributed by atoms with Gasteiger partial charge in [-0.2, -0.15) is 0 Å². The van der Waals surface area contributed by atoms with Gasteiger partial charge in [-0.1, -0.05) is 97.1 Å². The molecule has 0 radical (unpaired) electrons. The van der Waals surface area contributed by atoms with Crippen LogP contribution in [0, 0.1) is 0 Å². The van der Waals surface area contributed by atoms with E-state index in [1.807, 2.05) is 24.3 Å². The molecule has 0 bridgehead atoms. The highest BCUT2D eigenvalue weighted by Gasteiger charge is 2.22. The fourth-order valence-corrected chi connectivity index (χ4v) is 5.50. The van der Waals surface area contributed by atoms with Crippen LogP contribution in [0.5, 0.6) is 11.5 Å². The standard InChI is InChI=1S/C34H30O4/c35-19-9-21-37-33-27-15-5-1-11-23(27)31(24-12-2-6-16-28(24)33)32-25-13-3-7-17-29(25)34(38-22-10-20-36)30-18-8-4-14-26(30)32/h1-8,11-18,35-36H,9-10,19-22H2. The predicted octanol–water partition coefficient (Wildman–Crippen LogP) is 7.49. The molecule has 4 nitrogen and oxygen atoms in total. The van der Waals surface area contributed by atoms with Gasteiger partial charge in [-0.15, -0.1) is 0 Å². The molecule has 2 N–H and O–H groups in total. The molecule has 0 aromatic heterocycles. The number of ether oxygens (including phenoxy) is 2. The van der Waals surface area contributed by atoms with Crippen molar-refractivity contribution in [1.82, 2.24) is 0 Å². The van der Waals surface area contributed by atoms with E-state index in [-0.39, 0.29) is 13.2 Å². The summed E-state index contributed by atoms with van der Waals surface area (Å²) >= 11 is 0. The minimum absolute atomic E-state index is 0.0959. The topological polar surface area (TPSA) is 58.9 Å². The third kappa shape index (κ3) is 4.12. The summed E-state index contributed by atoms with van der Waals surface area (Å²) < 4.78 is 12.6. The maximum absolute atomic E-state index is 9.35. The normalized spacial score (nSPS) is 11.5. The molecule has 0 aliphatic carbocycles. The first-order chi connectivity index (χ1) is 18.8. The van der Waals surface area contributed by atoms with E-state index in [9.17, 15) is 10.2 Å². The molecule has 0 aliphatic rings. The highest BCUT2D eigenvalue weighted by Crippen LogP contribution is 2.49. The van der Waals surface area contributed by atoms with Crippen molar-refractivity contribution < 1.29 is 19.7 Å². The zero-order valence-electron chi connectivity index (χ0n) is 21.2. The maximum Gasteiger partial charge on any atom is 0.134 e. The SMILES string of the molecule is OCCCOc1c2ccccc2c(-c2c3ccccc3c(OCCCO)c3ccccc23)c2ccccc12. The second kappa shape index (κ2) is 10.7. The monoisotopic (exact) mass is 502 g/mol. The predicted molar refractivity (Wildman–Crippen MR) is 156 cm³/mol. The first kappa shape index (κ1) is 24.2. The van der Waals surface area contributed by atoms with Crippen molar-refractivity contribution in [2.75, 3.05) is 26.4 Å². The molecule has 0 atom stereocenters. The molecule has 0 fully saturated rings. The molecule has 6 rings (SSSR count). The molecule has 0 amide bonds. The Bertz CT molecular complexity index is 1510. The summed E-state index contributed by atoms with van der Waals surface area (Å²) in [7, 11) is 0. The number of aliphatic hydroxyl groups is 2. The minimum atomic E-state index is 0.0959. The lowest BCUT2D eigenvalue weighted by Gasteiger charge is -2.21. The van der Waals surface area contributed by atoms with Gasteiger partial charge in [0, 0.05) is 47.6 Å². The molecule has 0 aliphatic heterocycles. The van der Waals surface area contributed by atoms with E-state index in [2.05, 4.69) is 72.8 Å². The first-order valence-corrected chi connectivity index (χ1v) is 13.2. The van der Waals surface area contributed by atoms with E-state index in [1.165, 1.54) is 11.1 Å². The van der Waals surface area contributed by atoms with Gasteiger partial charge in [-0.25, -0.2) is 0 Å². The van der Waals surface area contributed by atoms with Crippen LogP contribution >= 0.6 is 0 Å². The van der Waals surface area contributed by atoms with Crippen LogP contribution in [0.15, 0.2) is 97.1 Å². The third-order valence-electron chi connectivity index (χ3n) is 7.11. The van der Waals surface area contributed by atoms with Crippen molar-refractivity contribution >= 4 is 43.1 Å². The number of benzene rings is 6. The van der Waals surface area contributed by atoms with Crippen molar-refractivity contribution in [3.63, 3.8) is 0 Å². The van der Waals surface area contributed by atoms with Gasteiger partial charge < -0.3 is 19.7 Å². The number of hydrogen-bond donors (Lipinski definition) is 2. The van der Waals surface area contributed by atoms with Crippen molar-refractivity contribution in [2.45, 2.75) is 12.8 Å². The van der Waals surface area contributed by atoms with Crippen LogP contribution in [0.2, 0.25) is 0 Å². The van der Waals surface area contributed by atoms with Crippen LogP contribution < -0.4 is 9.47 Å². The largest absolute Gasteiger partial charge is 0.492 e. The van der Waals surface area contributed by atoms with Crippen LogP contribution in [0.1, 0.15) is 12.8 Å². The smallest absolute Gasteiger partial charge is 0.134 e. The Labute approximate surface area is 221 Å². The van der Waals surface area contributed by atoms with Crippen LogP contribution in [0.25, 0.3) is 54.2 Å². The third-order valence-corrected chi connectivity index (χ3v) is 7.11. The van der Waals surface area contributed by atoms with E-state index in [0.29, 0.717) is 26.1 Å². The van der Waals surface area contributed by atoms with E-state index in [1.54, 1.807) is 0 Å². The van der Waals surface area contributed by atoms with Crippen molar-refractivity contribution in [3.8, 4) is 22.6 Å². The van der Waals surface area contributed by atoms with Crippen LogP contribution in [-0.2, 0) is 0 Å². The second-order valence-electron chi connectivity index (χ2n) is 9.44. The average Bonchev–Trinajstić information content (AvgIpc) is 2.97. The number of fused-ring (bicyclic) bond motifs is 4. The highest BCUT2D eigenvalue weighted by molar-refractivity contribution is 6.26. The lowest BCUT2D eigenvalue weighted by molar-refractivity contribution is 0.235. The van der Waals surface area contributed by atoms with Gasteiger partial charge in [0.15, 0.2) is 0 Å². The Balaban J connectivity index is 1.75. The van der Waals surface area contributed by atoms with Gasteiger partial charge in [0.05, 0.1) is 13.2 Å². The summed E-state index contributed by atoms with van der Waals surface area (Å²) in [6.45, 7) is 1.10. The van der Waals surface area contributed by atoms with Crippen molar-refractivity contribution in [3.05, 3.63) is 97.1 Å². The van der Waals surface area contributed by atoms with E-state index in [0.717, 1.165) is 54.6 Å². The minimum Gasteiger partial charge on any atom is -0.492 e. The van der Waals surface area contributed by atoms with Gasteiger partial charge in [0.1, 0.15) is 11.5 Å². The van der Waals surface area contributed by atoms with Gasteiger partial charge in [-0.3, -0.25) is 0 Å². The summed E-state index contributed by atoms with van der Waals surface area (Å²) in [5.41, 5.74) is 2.33. The van der Waals surface area contributed by atoms with E-state index in [4.69, 9.17) is 9.47 Å². The summed E-state index contributed by atoms with van der Waals surface area (Å²) in [5, 5.41) is 27.4. The molecule has 0 unspecified atom stereocenters. The maximum atomic E-state index is 9.35. The van der Waals surface area contributed by atoms with Crippen LogP contribution in [0.3, 0.4) is 0 Å². The Morgan fingerprint density at radius 1 is 0.395 bits per heavy atom. The molecule has 0 spiro atoms. The first-order valence-electron chi connectivity index (χ1n) is 13.2. The van der Waals surface area contributed by atoms with Crippen LogP contribution in [-0.4, -0.2) is 36.6 Å². The highest BCUT2D eigenvalue weighted by atomic mass is 16.5. The molecule has 0 saturated heterocycles. The molecule has 0 saturated carbocycles. The Morgan fingerprint density at radius 3 is 0.921 bits per heavy atom.